The van der Waals surface area contributed by atoms with Crippen molar-refractivity contribution in [1.29, 1.82) is 0 Å². The summed E-state index contributed by atoms with van der Waals surface area (Å²) in [6, 6.07) is 7.33. The Balaban J connectivity index is 0.000000452. The van der Waals surface area contributed by atoms with Gasteiger partial charge in [0, 0.05) is 11.6 Å². The zero-order valence-electron chi connectivity index (χ0n) is 10.2. The van der Waals surface area contributed by atoms with E-state index in [1.54, 1.807) is 24.7 Å². The van der Waals surface area contributed by atoms with E-state index in [0.717, 1.165) is 16.7 Å². The smallest absolute Gasteiger partial charge is 0.290 e. The molecule has 0 unspecified atom stereocenters. The van der Waals surface area contributed by atoms with Gasteiger partial charge in [-0.05, 0) is 24.3 Å². The van der Waals surface area contributed by atoms with Gasteiger partial charge in [0.25, 0.3) is 6.47 Å². The van der Waals surface area contributed by atoms with E-state index in [0.29, 0.717) is 11.0 Å². The topological polar surface area (TPSA) is 88.3 Å². The summed E-state index contributed by atoms with van der Waals surface area (Å²) in [6.45, 7) is -0.250. The lowest BCUT2D eigenvalue weighted by Gasteiger charge is -2.04. The Labute approximate surface area is 119 Å². The molecule has 6 nitrogen and oxygen atoms in total. The molecule has 0 aliphatic carbocycles. The van der Waals surface area contributed by atoms with Gasteiger partial charge < -0.3 is 14.8 Å². The summed E-state index contributed by atoms with van der Waals surface area (Å²) in [5, 5.41) is 11.5. The molecule has 102 valence electrons. The van der Waals surface area contributed by atoms with Crippen molar-refractivity contribution in [3.8, 4) is 0 Å². The van der Waals surface area contributed by atoms with Crippen LogP contribution in [-0.2, 0) is 4.79 Å². The summed E-state index contributed by atoms with van der Waals surface area (Å²) in [6.07, 6.45) is 5.01. The molecule has 3 aromatic heterocycles. The molecule has 3 aromatic rings. The van der Waals surface area contributed by atoms with Gasteiger partial charge in [-0.15, -0.1) is 0 Å². The lowest BCUT2D eigenvalue weighted by molar-refractivity contribution is -0.122. The first-order chi connectivity index (χ1) is 9.74. The Morgan fingerprint density at radius 1 is 1.25 bits per heavy atom. The minimum atomic E-state index is -0.250. The maximum Gasteiger partial charge on any atom is 0.290 e. The highest BCUT2D eigenvalue weighted by Crippen LogP contribution is 2.24. The normalized spacial score (nSPS) is 9.65. The second-order valence-corrected chi connectivity index (χ2v) is 3.99. The molecule has 7 heteroatoms. The molecule has 0 aromatic carbocycles. The fourth-order valence-corrected chi connectivity index (χ4v) is 1.68. The Bertz CT molecular complexity index is 697. The van der Waals surface area contributed by atoms with Gasteiger partial charge in [-0.3, -0.25) is 4.79 Å². The van der Waals surface area contributed by atoms with Crippen LogP contribution >= 0.6 is 11.6 Å². The molecule has 0 saturated carbocycles. The quantitative estimate of drug-likeness (QED) is 0.556. The summed E-state index contributed by atoms with van der Waals surface area (Å²) in [4.78, 5) is 16.6. The van der Waals surface area contributed by atoms with Crippen LogP contribution in [0.4, 0.5) is 11.5 Å². The highest BCUT2D eigenvalue weighted by atomic mass is 35.5. The molecule has 20 heavy (non-hydrogen) atoms. The van der Waals surface area contributed by atoms with Crippen molar-refractivity contribution in [3.63, 3.8) is 0 Å². The van der Waals surface area contributed by atoms with Crippen molar-refractivity contribution in [2.75, 3.05) is 5.32 Å². The molecule has 0 aliphatic rings. The molecule has 0 atom stereocenters. The standard InChI is InChI=1S/C12H8ClN3O.CH2O2/c13-10-2-1-9(7-15-10)16-12-11-8(3-5-14-12)4-6-17-11;2-1-3/h1-7H,(H,14,16);1H,(H,2,3). The van der Waals surface area contributed by atoms with Crippen LogP contribution in [0.2, 0.25) is 5.15 Å². The minimum absolute atomic E-state index is 0.250. The highest BCUT2D eigenvalue weighted by molar-refractivity contribution is 6.29. The molecular weight excluding hydrogens is 282 g/mol. The Morgan fingerprint density at radius 3 is 2.75 bits per heavy atom. The highest BCUT2D eigenvalue weighted by Gasteiger charge is 2.05. The molecular formula is C13H10ClN3O3. The lowest BCUT2D eigenvalue weighted by Crippen LogP contribution is -1.93. The number of carboxylic acid groups (broad SMARTS) is 1. The van der Waals surface area contributed by atoms with Gasteiger partial charge in [0.2, 0.25) is 0 Å². The fraction of sp³-hybridized carbons (Fsp3) is 0. The number of carbonyl (C=O) groups is 1. The average Bonchev–Trinajstić information content (AvgIpc) is 2.92. The van der Waals surface area contributed by atoms with Crippen LogP contribution in [0.15, 0.2) is 47.3 Å². The molecule has 0 fully saturated rings. The predicted octanol–water partition coefficient (Wildman–Crippen LogP) is 3.32. The summed E-state index contributed by atoms with van der Waals surface area (Å²) >= 11 is 5.72. The number of anilines is 2. The Morgan fingerprint density at radius 2 is 2.05 bits per heavy atom. The minimum Gasteiger partial charge on any atom is -0.483 e. The van der Waals surface area contributed by atoms with E-state index < -0.39 is 0 Å². The largest absolute Gasteiger partial charge is 0.483 e. The predicted molar refractivity (Wildman–Crippen MR) is 75.2 cm³/mol. The summed E-state index contributed by atoms with van der Waals surface area (Å²) in [5.41, 5.74) is 1.54. The molecule has 0 bridgehead atoms. The second kappa shape index (κ2) is 6.53. The second-order valence-electron chi connectivity index (χ2n) is 3.60. The Kier molecular flexibility index (Phi) is 4.52. The van der Waals surface area contributed by atoms with Crippen molar-refractivity contribution in [2.24, 2.45) is 0 Å². The van der Waals surface area contributed by atoms with Crippen LogP contribution in [0.25, 0.3) is 11.0 Å². The summed E-state index contributed by atoms with van der Waals surface area (Å²) in [7, 11) is 0. The zero-order valence-corrected chi connectivity index (χ0v) is 10.9. The monoisotopic (exact) mass is 291 g/mol. The number of furan rings is 1. The number of pyridine rings is 2. The van der Waals surface area contributed by atoms with Crippen LogP contribution in [0.3, 0.4) is 0 Å². The summed E-state index contributed by atoms with van der Waals surface area (Å²) in [5.74, 6) is 0.664. The Hall–Kier alpha value is -2.60. The first-order valence-electron chi connectivity index (χ1n) is 5.53. The fourth-order valence-electron chi connectivity index (χ4n) is 1.57. The van der Waals surface area contributed by atoms with E-state index in [4.69, 9.17) is 25.9 Å². The van der Waals surface area contributed by atoms with Crippen molar-refractivity contribution in [2.45, 2.75) is 0 Å². The van der Waals surface area contributed by atoms with Crippen LogP contribution in [0, 0.1) is 0 Å². The number of hydrogen-bond donors (Lipinski definition) is 2. The van der Waals surface area contributed by atoms with Crippen molar-refractivity contribution in [1.82, 2.24) is 9.97 Å². The first-order valence-corrected chi connectivity index (χ1v) is 5.91. The number of aromatic nitrogens is 2. The molecule has 3 heterocycles. The van der Waals surface area contributed by atoms with Gasteiger partial charge in [0.05, 0.1) is 18.1 Å². The van der Waals surface area contributed by atoms with Gasteiger partial charge in [-0.2, -0.15) is 0 Å². The van der Waals surface area contributed by atoms with Crippen LogP contribution < -0.4 is 5.32 Å². The third-order valence-electron chi connectivity index (χ3n) is 2.36. The van der Waals surface area contributed by atoms with Crippen molar-refractivity contribution >= 4 is 40.5 Å². The van der Waals surface area contributed by atoms with E-state index in [9.17, 15) is 0 Å². The number of nitrogens with zero attached hydrogens (tertiary/aromatic N) is 2. The van der Waals surface area contributed by atoms with Crippen molar-refractivity contribution in [3.05, 3.63) is 48.1 Å². The van der Waals surface area contributed by atoms with Gasteiger partial charge >= 0.3 is 0 Å². The third kappa shape index (κ3) is 3.24. The maximum absolute atomic E-state index is 8.36. The SMILES string of the molecule is Clc1ccc(Nc2nccc3ccoc23)cn1.O=CO. The van der Waals surface area contributed by atoms with Gasteiger partial charge in [0.15, 0.2) is 11.4 Å². The van der Waals surface area contributed by atoms with E-state index >= 15 is 0 Å². The molecule has 0 radical (unpaired) electrons. The van der Waals surface area contributed by atoms with Gasteiger partial charge in [-0.25, -0.2) is 9.97 Å². The van der Waals surface area contributed by atoms with E-state index in [1.165, 1.54) is 0 Å². The number of rotatable bonds is 2. The van der Waals surface area contributed by atoms with Crippen LogP contribution in [0.5, 0.6) is 0 Å². The summed E-state index contributed by atoms with van der Waals surface area (Å²) < 4.78 is 5.37. The lowest BCUT2D eigenvalue weighted by atomic mass is 10.3. The van der Waals surface area contributed by atoms with Crippen LogP contribution in [0.1, 0.15) is 0 Å². The molecule has 2 N–H and O–H groups in total. The first kappa shape index (κ1) is 13.8. The van der Waals surface area contributed by atoms with Crippen molar-refractivity contribution < 1.29 is 14.3 Å². The van der Waals surface area contributed by atoms with E-state index in [2.05, 4.69) is 15.3 Å². The third-order valence-corrected chi connectivity index (χ3v) is 2.58. The van der Waals surface area contributed by atoms with Gasteiger partial charge in [0.1, 0.15) is 5.15 Å². The van der Waals surface area contributed by atoms with Gasteiger partial charge in [-0.1, -0.05) is 11.6 Å². The molecule has 0 amide bonds. The average molecular weight is 292 g/mol. The number of hydrogen-bond acceptors (Lipinski definition) is 5. The molecule has 0 spiro atoms. The van der Waals surface area contributed by atoms with E-state index in [1.807, 2.05) is 18.2 Å². The molecule has 0 saturated heterocycles. The molecule has 0 aliphatic heterocycles. The maximum atomic E-state index is 8.36. The number of nitrogens with one attached hydrogen (secondary N) is 1. The molecule has 3 rings (SSSR count). The van der Waals surface area contributed by atoms with Crippen LogP contribution in [-0.4, -0.2) is 21.5 Å². The van der Waals surface area contributed by atoms with E-state index in [-0.39, 0.29) is 6.47 Å². The zero-order chi connectivity index (χ0) is 14.4. The number of halogens is 1. The number of fused-ring (bicyclic) bond motifs is 1.